The van der Waals surface area contributed by atoms with E-state index in [9.17, 15) is 18.0 Å². The molecule has 2 aliphatic rings. The zero-order valence-electron chi connectivity index (χ0n) is 18.0. The van der Waals surface area contributed by atoms with Gasteiger partial charge in [-0.15, -0.1) is 12.4 Å². The highest BCUT2D eigenvalue weighted by Crippen LogP contribution is 2.43. The van der Waals surface area contributed by atoms with Crippen molar-refractivity contribution < 1.29 is 22.7 Å². The first-order valence-corrected chi connectivity index (χ1v) is 12.6. The molecular formula is C22H20BrCl2F3N4O2S. The highest BCUT2D eigenvalue weighted by molar-refractivity contribution is 9.10. The number of nitrogens with one attached hydrogen (secondary N) is 2. The minimum absolute atomic E-state index is 0. The molecule has 6 nitrogen and oxygen atoms in total. The minimum Gasteiger partial charge on any atom is -0.481 e. The summed E-state index contributed by atoms with van der Waals surface area (Å²) in [7, 11) is 0. The van der Waals surface area contributed by atoms with Gasteiger partial charge in [0, 0.05) is 18.5 Å². The largest absolute Gasteiger partial charge is 0.481 e. The van der Waals surface area contributed by atoms with Crippen LogP contribution >= 0.6 is 51.3 Å². The van der Waals surface area contributed by atoms with Crippen molar-refractivity contribution in [3.63, 3.8) is 0 Å². The molecule has 1 fully saturated rings. The molecule has 2 aliphatic heterocycles. The van der Waals surface area contributed by atoms with E-state index in [1.165, 1.54) is 23.5 Å². The Hall–Kier alpha value is -1.79. The van der Waals surface area contributed by atoms with Crippen LogP contribution < -0.4 is 15.4 Å². The summed E-state index contributed by atoms with van der Waals surface area (Å²) in [5.41, 5.74) is 1.46. The molecule has 2 N–H and O–H groups in total. The first kappa shape index (κ1) is 26.3. The molecule has 35 heavy (non-hydrogen) atoms. The predicted molar refractivity (Wildman–Crippen MR) is 134 cm³/mol. The topological polar surface area (TPSA) is 68.2 Å². The second kappa shape index (κ2) is 10.3. The Balaban J connectivity index is 0.00000289. The Morgan fingerprint density at radius 2 is 2.14 bits per heavy atom. The number of rotatable bonds is 3. The summed E-state index contributed by atoms with van der Waals surface area (Å²) in [6, 6.07) is 5.30. The van der Waals surface area contributed by atoms with Crippen LogP contribution in [0.5, 0.6) is 5.06 Å². The maximum atomic E-state index is 13.2. The van der Waals surface area contributed by atoms with E-state index in [0.717, 1.165) is 21.8 Å². The van der Waals surface area contributed by atoms with Crippen molar-refractivity contribution in [2.45, 2.75) is 31.1 Å². The smallest absolute Gasteiger partial charge is 0.417 e. The van der Waals surface area contributed by atoms with Gasteiger partial charge in [0.15, 0.2) is 5.06 Å². The van der Waals surface area contributed by atoms with Crippen LogP contribution in [0.15, 0.2) is 34.9 Å². The molecule has 0 spiro atoms. The fraction of sp³-hybridized carbons (Fsp3) is 0.364. The number of carbonyl (C=O) groups is 1. The molecule has 5 rings (SSSR count). The van der Waals surface area contributed by atoms with E-state index in [1.807, 2.05) is 4.68 Å². The number of ether oxygens (including phenoxy) is 1. The van der Waals surface area contributed by atoms with Crippen molar-refractivity contribution in [3.05, 3.63) is 56.0 Å². The van der Waals surface area contributed by atoms with Crippen molar-refractivity contribution in [1.29, 1.82) is 0 Å². The third-order valence-corrected chi connectivity index (χ3v) is 7.97. The maximum Gasteiger partial charge on any atom is 0.417 e. The van der Waals surface area contributed by atoms with Crippen molar-refractivity contribution in [1.82, 2.24) is 20.4 Å². The second-order valence-electron chi connectivity index (χ2n) is 8.14. The molecule has 4 heterocycles. The Labute approximate surface area is 222 Å². The van der Waals surface area contributed by atoms with Gasteiger partial charge in [-0.3, -0.25) is 9.48 Å². The molecule has 0 bridgehead atoms. The van der Waals surface area contributed by atoms with Gasteiger partial charge in [0.25, 0.3) is 5.91 Å². The van der Waals surface area contributed by atoms with Crippen LogP contribution in [0, 0.1) is 0 Å². The standard InChI is InChI=1S/C22H19BrClF3N4O2S.ClH/c23-15-9-29-31-5-6-33-21-13(19(15)31)8-18(34-21)20(32)30-17-10-28-4-3-12(17)11-1-2-14(16(24)7-11)22(25,26)27;/h1-2,7-9,12,17,28H,3-6,10H2,(H,30,32);1H/t12-,17+;/m0./s1. The van der Waals surface area contributed by atoms with Gasteiger partial charge >= 0.3 is 6.18 Å². The molecule has 2 atom stereocenters. The number of thiophene rings is 1. The summed E-state index contributed by atoms with van der Waals surface area (Å²) in [4.78, 5) is 13.7. The number of amides is 1. The van der Waals surface area contributed by atoms with Crippen LogP contribution in [-0.2, 0) is 12.7 Å². The van der Waals surface area contributed by atoms with Crippen molar-refractivity contribution in [3.8, 4) is 16.3 Å². The highest BCUT2D eigenvalue weighted by Gasteiger charge is 2.35. The highest BCUT2D eigenvalue weighted by atomic mass is 79.9. The zero-order valence-corrected chi connectivity index (χ0v) is 22.0. The Kier molecular flexibility index (Phi) is 7.73. The van der Waals surface area contributed by atoms with E-state index in [4.69, 9.17) is 16.3 Å². The molecule has 188 valence electrons. The summed E-state index contributed by atoms with van der Waals surface area (Å²) in [5, 5.41) is 11.0. The number of carbonyl (C=O) groups excluding carboxylic acids is 1. The fourth-order valence-electron chi connectivity index (χ4n) is 4.42. The van der Waals surface area contributed by atoms with E-state index in [0.29, 0.717) is 48.2 Å². The monoisotopic (exact) mass is 610 g/mol. The summed E-state index contributed by atoms with van der Waals surface area (Å²) >= 11 is 10.7. The number of halogens is 6. The summed E-state index contributed by atoms with van der Waals surface area (Å²) in [6.07, 6.45) is -2.14. The van der Waals surface area contributed by atoms with Crippen molar-refractivity contribution in [2.75, 3.05) is 19.7 Å². The first-order valence-electron chi connectivity index (χ1n) is 10.6. The molecule has 1 amide bonds. The molecular weight excluding hydrogens is 592 g/mol. The number of aromatic nitrogens is 2. The molecule has 0 unspecified atom stereocenters. The van der Waals surface area contributed by atoms with Gasteiger partial charge in [-0.1, -0.05) is 29.0 Å². The number of piperidine rings is 1. The lowest BCUT2D eigenvalue weighted by molar-refractivity contribution is -0.137. The normalized spacial score (nSPS) is 19.6. The second-order valence-corrected chi connectivity index (χ2v) is 10.4. The number of hydrogen-bond acceptors (Lipinski definition) is 5. The van der Waals surface area contributed by atoms with Crippen LogP contribution in [0.1, 0.15) is 33.1 Å². The lowest BCUT2D eigenvalue weighted by Crippen LogP contribution is -2.49. The third-order valence-electron chi connectivity index (χ3n) is 6.03. The van der Waals surface area contributed by atoms with Gasteiger partial charge in [-0.05, 0) is 52.7 Å². The van der Waals surface area contributed by atoms with Crippen LogP contribution in [0.3, 0.4) is 0 Å². The van der Waals surface area contributed by atoms with Crippen molar-refractivity contribution >= 4 is 57.2 Å². The average Bonchev–Trinajstić information content (AvgIpc) is 3.32. The Bertz CT molecular complexity index is 1250. The molecule has 1 saturated heterocycles. The lowest BCUT2D eigenvalue weighted by atomic mass is 9.85. The average molecular weight is 612 g/mol. The molecule has 0 radical (unpaired) electrons. The van der Waals surface area contributed by atoms with Gasteiger partial charge in [0.05, 0.1) is 43.9 Å². The number of fused-ring (bicyclic) bond motifs is 3. The zero-order chi connectivity index (χ0) is 24.0. The van der Waals surface area contributed by atoms with Gasteiger partial charge in [-0.25, -0.2) is 0 Å². The number of nitrogens with zero attached hydrogens (tertiary/aromatic N) is 2. The van der Waals surface area contributed by atoms with E-state index in [1.54, 1.807) is 12.3 Å². The quantitative estimate of drug-likeness (QED) is 0.397. The van der Waals surface area contributed by atoms with Crippen LogP contribution in [0.25, 0.3) is 11.3 Å². The molecule has 1 aromatic carbocycles. The SMILES string of the molecule is Cl.O=C(N[C@@H]1CNCC[C@H]1c1ccc(C(F)(F)F)c(Cl)c1)c1cc2c(s1)OCCn1ncc(Br)c1-2. The van der Waals surface area contributed by atoms with E-state index < -0.39 is 11.7 Å². The molecule has 3 aromatic rings. The van der Waals surface area contributed by atoms with Crippen LogP contribution in [-0.4, -0.2) is 41.4 Å². The summed E-state index contributed by atoms with van der Waals surface area (Å²) in [5.74, 6) is -0.435. The molecule has 0 aliphatic carbocycles. The Morgan fingerprint density at radius 3 is 2.89 bits per heavy atom. The lowest BCUT2D eigenvalue weighted by Gasteiger charge is -2.33. The van der Waals surface area contributed by atoms with Gasteiger partial charge in [0.2, 0.25) is 0 Å². The number of hydrogen-bond donors (Lipinski definition) is 2. The van der Waals surface area contributed by atoms with Crippen LogP contribution in [0.2, 0.25) is 5.02 Å². The third kappa shape index (κ3) is 5.20. The van der Waals surface area contributed by atoms with E-state index in [-0.39, 0.29) is 35.3 Å². The molecule has 0 saturated carbocycles. The fourth-order valence-corrected chi connectivity index (χ4v) is 6.17. The van der Waals surface area contributed by atoms with Gasteiger partial charge < -0.3 is 15.4 Å². The van der Waals surface area contributed by atoms with Crippen molar-refractivity contribution in [2.24, 2.45) is 0 Å². The van der Waals surface area contributed by atoms with Gasteiger partial charge in [0.1, 0.15) is 6.61 Å². The first-order chi connectivity index (χ1) is 16.2. The number of benzene rings is 1. The Morgan fingerprint density at radius 1 is 1.34 bits per heavy atom. The summed E-state index contributed by atoms with van der Waals surface area (Å²) < 4.78 is 47.8. The maximum absolute atomic E-state index is 13.2. The summed E-state index contributed by atoms with van der Waals surface area (Å²) in [6.45, 7) is 2.23. The van der Waals surface area contributed by atoms with E-state index >= 15 is 0 Å². The predicted octanol–water partition coefficient (Wildman–Crippen LogP) is 5.74. The molecule has 2 aromatic heterocycles. The number of alkyl halides is 3. The minimum atomic E-state index is -4.51. The van der Waals surface area contributed by atoms with Gasteiger partial charge in [-0.2, -0.15) is 18.3 Å². The van der Waals surface area contributed by atoms with Crippen LogP contribution in [0.4, 0.5) is 13.2 Å². The van der Waals surface area contributed by atoms with E-state index in [2.05, 4.69) is 31.7 Å². The molecule has 13 heteroatoms.